The number of hydrogen-bond donors (Lipinski definition) is 2. The van der Waals surface area contributed by atoms with Crippen molar-refractivity contribution in [2.75, 3.05) is 26.7 Å². The van der Waals surface area contributed by atoms with Crippen LogP contribution in [0.1, 0.15) is 5.82 Å². The van der Waals surface area contributed by atoms with Gasteiger partial charge in [-0.3, -0.25) is 11.3 Å². The molecular formula is C11H21N5O. The second-order valence-corrected chi connectivity index (χ2v) is 4.60. The van der Waals surface area contributed by atoms with Crippen LogP contribution in [0.4, 0.5) is 0 Å². The van der Waals surface area contributed by atoms with Gasteiger partial charge in [-0.1, -0.05) is 0 Å². The summed E-state index contributed by atoms with van der Waals surface area (Å²) in [6.45, 7) is 2.65. The summed E-state index contributed by atoms with van der Waals surface area (Å²) in [6, 6.07) is 0.0962. The lowest BCUT2D eigenvalue weighted by molar-refractivity contribution is -0.0388. The van der Waals surface area contributed by atoms with Gasteiger partial charge in [0.1, 0.15) is 5.82 Å². The van der Waals surface area contributed by atoms with Gasteiger partial charge < -0.3 is 14.2 Å². The van der Waals surface area contributed by atoms with E-state index in [0.717, 1.165) is 31.9 Å². The molecule has 2 rings (SSSR count). The van der Waals surface area contributed by atoms with Crippen molar-refractivity contribution in [3.63, 3.8) is 0 Å². The molecule has 0 aliphatic carbocycles. The second-order valence-electron chi connectivity index (χ2n) is 4.60. The first kappa shape index (κ1) is 12.5. The molecule has 2 unspecified atom stereocenters. The summed E-state index contributed by atoms with van der Waals surface area (Å²) in [5.74, 6) is 6.65. The van der Waals surface area contributed by atoms with Gasteiger partial charge >= 0.3 is 0 Å². The third kappa shape index (κ3) is 3.04. The van der Waals surface area contributed by atoms with E-state index in [1.165, 1.54) is 0 Å². The van der Waals surface area contributed by atoms with Crippen LogP contribution in [-0.4, -0.2) is 53.3 Å². The van der Waals surface area contributed by atoms with Crippen molar-refractivity contribution in [2.24, 2.45) is 12.9 Å². The zero-order valence-corrected chi connectivity index (χ0v) is 10.5. The fraction of sp³-hybridized carbons (Fsp3) is 0.727. The van der Waals surface area contributed by atoms with Crippen molar-refractivity contribution in [1.82, 2.24) is 19.9 Å². The minimum atomic E-state index is 0.0962. The first-order valence-electron chi connectivity index (χ1n) is 5.93. The van der Waals surface area contributed by atoms with Crippen LogP contribution in [0.15, 0.2) is 12.4 Å². The van der Waals surface area contributed by atoms with Crippen molar-refractivity contribution < 1.29 is 4.74 Å². The second kappa shape index (κ2) is 5.59. The maximum atomic E-state index is 5.77. The van der Waals surface area contributed by atoms with Crippen LogP contribution in [0.5, 0.6) is 0 Å². The fourth-order valence-electron chi connectivity index (χ4n) is 2.14. The summed E-state index contributed by atoms with van der Waals surface area (Å²) in [5.41, 5.74) is 2.85. The molecule has 1 aliphatic heterocycles. The maximum absolute atomic E-state index is 5.77. The molecule has 1 aliphatic rings. The lowest BCUT2D eigenvalue weighted by Crippen LogP contribution is -2.54. The molecule has 17 heavy (non-hydrogen) atoms. The molecule has 0 spiro atoms. The highest BCUT2D eigenvalue weighted by molar-refractivity contribution is 4.97. The van der Waals surface area contributed by atoms with E-state index < -0.39 is 0 Å². The molecule has 1 aromatic rings. The third-order valence-electron chi connectivity index (χ3n) is 3.28. The monoisotopic (exact) mass is 239 g/mol. The minimum Gasteiger partial charge on any atom is -0.374 e. The van der Waals surface area contributed by atoms with Crippen molar-refractivity contribution in [1.29, 1.82) is 0 Å². The number of hydrogen-bond acceptors (Lipinski definition) is 5. The zero-order valence-electron chi connectivity index (χ0n) is 10.5. The molecule has 0 amide bonds. The molecule has 1 fully saturated rings. The summed E-state index contributed by atoms with van der Waals surface area (Å²) in [5, 5.41) is 0. The highest BCUT2D eigenvalue weighted by Crippen LogP contribution is 2.11. The van der Waals surface area contributed by atoms with Crippen LogP contribution < -0.4 is 11.3 Å². The number of ether oxygens (including phenoxy) is 1. The number of aromatic nitrogens is 2. The first-order valence-corrected chi connectivity index (χ1v) is 5.93. The number of likely N-dealkylation sites (N-methyl/N-ethyl adjacent to an activating group) is 1. The highest BCUT2D eigenvalue weighted by Gasteiger charge is 2.27. The predicted molar refractivity (Wildman–Crippen MR) is 65.3 cm³/mol. The zero-order chi connectivity index (χ0) is 12.3. The standard InChI is InChI=1S/C11H21N5O/c1-15-5-6-17-10(8-15)9(14-12)7-11-13-3-4-16(11)2/h3-4,9-10,14H,5-8,12H2,1-2H3. The third-order valence-corrected chi connectivity index (χ3v) is 3.28. The Kier molecular flexibility index (Phi) is 4.11. The van der Waals surface area contributed by atoms with Gasteiger partial charge in [-0.15, -0.1) is 0 Å². The quantitative estimate of drug-likeness (QED) is 0.528. The lowest BCUT2D eigenvalue weighted by atomic mass is 10.1. The van der Waals surface area contributed by atoms with Crippen LogP contribution in [0.3, 0.4) is 0 Å². The number of nitrogens with one attached hydrogen (secondary N) is 1. The predicted octanol–water partition coefficient (Wildman–Crippen LogP) is -0.875. The smallest absolute Gasteiger partial charge is 0.110 e. The van der Waals surface area contributed by atoms with Crippen LogP contribution in [-0.2, 0) is 18.2 Å². The van der Waals surface area contributed by atoms with Gasteiger partial charge in [0.05, 0.1) is 18.8 Å². The topological polar surface area (TPSA) is 68.3 Å². The normalized spacial score (nSPS) is 23.8. The Balaban J connectivity index is 1.98. The van der Waals surface area contributed by atoms with Gasteiger partial charge in [0.25, 0.3) is 0 Å². The SMILES string of the molecule is CN1CCOC(C(Cc2nccn2C)NN)C1. The van der Waals surface area contributed by atoms with Crippen molar-refractivity contribution >= 4 is 0 Å². The number of aryl methyl sites for hydroxylation is 1. The van der Waals surface area contributed by atoms with E-state index in [4.69, 9.17) is 10.6 Å². The maximum Gasteiger partial charge on any atom is 0.110 e. The Hall–Kier alpha value is -0.950. The molecule has 1 aromatic heterocycles. The highest BCUT2D eigenvalue weighted by atomic mass is 16.5. The molecule has 6 nitrogen and oxygen atoms in total. The molecule has 0 radical (unpaired) electrons. The Labute approximate surface area is 102 Å². The van der Waals surface area contributed by atoms with Gasteiger partial charge in [0, 0.05) is 39.0 Å². The molecule has 0 saturated carbocycles. The largest absolute Gasteiger partial charge is 0.374 e. The number of hydrazine groups is 1. The molecular weight excluding hydrogens is 218 g/mol. The molecule has 1 saturated heterocycles. The summed E-state index contributed by atoms with van der Waals surface area (Å²) < 4.78 is 7.78. The van der Waals surface area contributed by atoms with Gasteiger partial charge in [0.15, 0.2) is 0 Å². The van der Waals surface area contributed by atoms with Crippen molar-refractivity contribution in [3.05, 3.63) is 18.2 Å². The molecule has 3 N–H and O–H groups in total. The number of morpholine rings is 1. The van der Waals surface area contributed by atoms with Gasteiger partial charge in [-0.05, 0) is 7.05 Å². The van der Waals surface area contributed by atoms with Crippen LogP contribution in [0.25, 0.3) is 0 Å². The van der Waals surface area contributed by atoms with Crippen LogP contribution in [0.2, 0.25) is 0 Å². The molecule has 2 atom stereocenters. The van der Waals surface area contributed by atoms with Gasteiger partial charge in [-0.2, -0.15) is 0 Å². The Bertz CT molecular complexity index is 353. The number of imidazole rings is 1. The minimum absolute atomic E-state index is 0.0962. The number of rotatable bonds is 4. The van der Waals surface area contributed by atoms with Crippen molar-refractivity contribution in [2.45, 2.75) is 18.6 Å². The van der Waals surface area contributed by atoms with Crippen LogP contribution >= 0.6 is 0 Å². The number of nitrogens with zero attached hydrogens (tertiary/aromatic N) is 3. The summed E-state index contributed by atoms with van der Waals surface area (Å²) >= 11 is 0. The lowest BCUT2D eigenvalue weighted by Gasteiger charge is -2.34. The van der Waals surface area contributed by atoms with Crippen molar-refractivity contribution in [3.8, 4) is 0 Å². The van der Waals surface area contributed by atoms with Gasteiger partial charge in [-0.25, -0.2) is 4.98 Å². The Morgan fingerprint density at radius 3 is 3.06 bits per heavy atom. The summed E-state index contributed by atoms with van der Waals surface area (Å²) in [4.78, 5) is 6.58. The first-order chi connectivity index (χ1) is 8.20. The van der Waals surface area contributed by atoms with E-state index >= 15 is 0 Å². The molecule has 96 valence electrons. The molecule has 6 heteroatoms. The van der Waals surface area contributed by atoms with E-state index in [-0.39, 0.29) is 12.1 Å². The average molecular weight is 239 g/mol. The summed E-state index contributed by atoms with van der Waals surface area (Å²) in [7, 11) is 4.09. The average Bonchev–Trinajstić information content (AvgIpc) is 2.71. The van der Waals surface area contributed by atoms with Crippen LogP contribution in [0, 0.1) is 0 Å². The molecule has 2 heterocycles. The van der Waals surface area contributed by atoms with E-state index in [0.29, 0.717) is 0 Å². The van der Waals surface area contributed by atoms with E-state index in [1.807, 2.05) is 17.8 Å². The van der Waals surface area contributed by atoms with E-state index in [9.17, 15) is 0 Å². The number of nitrogens with two attached hydrogens (primary N) is 1. The Morgan fingerprint density at radius 1 is 1.65 bits per heavy atom. The van der Waals surface area contributed by atoms with E-state index in [1.54, 1.807) is 6.20 Å². The van der Waals surface area contributed by atoms with E-state index in [2.05, 4.69) is 22.4 Å². The Morgan fingerprint density at radius 2 is 2.47 bits per heavy atom. The molecule has 0 bridgehead atoms. The summed E-state index contributed by atoms with van der Waals surface area (Å²) in [6.07, 6.45) is 4.64. The molecule has 0 aromatic carbocycles. The fourth-order valence-corrected chi connectivity index (χ4v) is 2.14. The van der Waals surface area contributed by atoms with Gasteiger partial charge in [0.2, 0.25) is 0 Å².